The van der Waals surface area contributed by atoms with Crippen LogP contribution in [-0.2, 0) is 0 Å². The molecule has 1 fully saturated rings. The highest BCUT2D eigenvalue weighted by molar-refractivity contribution is 4.76. The molecule has 0 aromatic heterocycles. The Balaban J connectivity index is 2.10. The van der Waals surface area contributed by atoms with E-state index >= 15 is 0 Å². The van der Waals surface area contributed by atoms with Crippen LogP contribution >= 0.6 is 0 Å². The lowest BCUT2D eigenvalue weighted by Crippen LogP contribution is -2.49. The predicted molar refractivity (Wildman–Crippen MR) is 70.9 cm³/mol. The Morgan fingerprint density at radius 2 is 1.75 bits per heavy atom. The zero-order chi connectivity index (χ0) is 11.8. The molecule has 1 N–H and O–H groups in total. The van der Waals surface area contributed by atoms with Gasteiger partial charge in [-0.05, 0) is 39.4 Å². The maximum atomic E-state index is 3.49. The molecule has 3 heteroatoms. The van der Waals surface area contributed by atoms with Crippen molar-refractivity contribution in [3.63, 3.8) is 0 Å². The lowest BCUT2D eigenvalue weighted by atomic mass is 10.1. The first-order valence-corrected chi connectivity index (χ1v) is 6.95. The van der Waals surface area contributed by atoms with Gasteiger partial charge in [0.2, 0.25) is 0 Å². The van der Waals surface area contributed by atoms with Gasteiger partial charge < -0.3 is 10.2 Å². The summed E-state index contributed by atoms with van der Waals surface area (Å²) in [4.78, 5) is 5.18. The molecule has 0 radical (unpaired) electrons. The van der Waals surface area contributed by atoms with E-state index in [9.17, 15) is 0 Å². The number of nitrogens with zero attached hydrogens (tertiary/aromatic N) is 2. The molecule has 0 bridgehead atoms. The third kappa shape index (κ3) is 4.81. The maximum Gasteiger partial charge on any atom is 0.0113 e. The smallest absolute Gasteiger partial charge is 0.0113 e. The zero-order valence-corrected chi connectivity index (χ0v) is 11.3. The normalized spacial score (nSPS) is 21.2. The Morgan fingerprint density at radius 3 is 2.31 bits per heavy atom. The molecular weight excluding hydrogens is 198 g/mol. The van der Waals surface area contributed by atoms with Gasteiger partial charge >= 0.3 is 0 Å². The van der Waals surface area contributed by atoms with Crippen molar-refractivity contribution in [1.29, 1.82) is 0 Å². The van der Waals surface area contributed by atoms with Crippen molar-refractivity contribution in [2.45, 2.75) is 39.7 Å². The SMILES string of the molecule is CCCNCCC(C)N1CCN(CC)CC1. The van der Waals surface area contributed by atoms with Gasteiger partial charge in [-0.1, -0.05) is 13.8 Å². The molecule has 3 nitrogen and oxygen atoms in total. The van der Waals surface area contributed by atoms with Gasteiger partial charge in [0.25, 0.3) is 0 Å². The van der Waals surface area contributed by atoms with E-state index in [0.717, 1.165) is 12.6 Å². The van der Waals surface area contributed by atoms with Crippen LogP contribution in [0.1, 0.15) is 33.6 Å². The topological polar surface area (TPSA) is 18.5 Å². The Bertz CT molecular complexity index is 165. The fraction of sp³-hybridized carbons (Fsp3) is 1.00. The molecule has 1 aliphatic heterocycles. The van der Waals surface area contributed by atoms with Gasteiger partial charge in [0, 0.05) is 32.2 Å². The van der Waals surface area contributed by atoms with Crippen LogP contribution in [0.15, 0.2) is 0 Å². The molecule has 0 spiro atoms. The molecule has 16 heavy (non-hydrogen) atoms. The third-order valence-electron chi connectivity index (χ3n) is 3.64. The summed E-state index contributed by atoms with van der Waals surface area (Å²) < 4.78 is 0. The summed E-state index contributed by atoms with van der Waals surface area (Å²) in [7, 11) is 0. The minimum Gasteiger partial charge on any atom is -0.317 e. The molecule has 0 aromatic carbocycles. The first kappa shape index (κ1) is 13.9. The summed E-state index contributed by atoms with van der Waals surface area (Å²) in [5.74, 6) is 0. The quantitative estimate of drug-likeness (QED) is 0.663. The fourth-order valence-corrected chi connectivity index (χ4v) is 2.32. The molecule has 0 saturated carbocycles. The summed E-state index contributed by atoms with van der Waals surface area (Å²) in [5, 5.41) is 3.49. The minimum atomic E-state index is 0.739. The summed E-state index contributed by atoms with van der Waals surface area (Å²) in [6, 6.07) is 0.739. The van der Waals surface area contributed by atoms with E-state index in [1.807, 2.05) is 0 Å². The Kier molecular flexibility index (Phi) is 7.01. The van der Waals surface area contributed by atoms with E-state index in [1.165, 1.54) is 52.1 Å². The summed E-state index contributed by atoms with van der Waals surface area (Å²) >= 11 is 0. The van der Waals surface area contributed by atoms with Gasteiger partial charge in [-0.3, -0.25) is 4.90 Å². The summed E-state index contributed by atoms with van der Waals surface area (Å²) in [6.07, 6.45) is 2.52. The maximum absolute atomic E-state index is 3.49. The van der Waals surface area contributed by atoms with E-state index in [1.54, 1.807) is 0 Å². The first-order valence-electron chi connectivity index (χ1n) is 6.95. The van der Waals surface area contributed by atoms with E-state index in [4.69, 9.17) is 0 Å². The van der Waals surface area contributed by atoms with E-state index in [-0.39, 0.29) is 0 Å². The monoisotopic (exact) mass is 227 g/mol. The molecule has 96 valence electrons. The van der Waals surface area contributed by atoms with Crippen molar-refractivity contribution in [3.05, 3.63) is 0 Å². The molecule has 1 unspecified atom stereocenters. The van der Waals surface area contributed by atoms with E-state index in [0.29, 0.717) is 0 Å². The molecule has 0 aromatic rings. The zero-order valence-electron chi connectivity index (χ0n) is 11.3. The largest absolute Gasteiger partial charge is 0.317 e. The highest BCUT2D eigenvalue weighted by Crippen LogP contribution is 2.08. The van der Waals surface area contributed by atoms with Crippen LogP contribution in [-0.4, -0.2) is 61.7 Å². The predicted octanol–water partition coefficient (Wildman–Crippen LogP) is 1.40. The van der Waals surface area contributed by atoms with E-state index in [2.05, 4.69) is 35.9 Å². The molecule has 1 rings (SSSR count). The Labute approximate surface area is 101 Å². The number of piperazine rings is 1. The van der Waals surface area contributed by atoms with Crippen molar-refractivity contribution < 1.29 is 0 Å². The molecule has 0 amide bonds. The molecule has 0 aliphatic carbocycles. The van der Waals surface area contributed by atoms with Crippen LogP contribution < -0.4 is 5.32 Å². The van der Waals surface area contributed by atoms with Crippen LogP contribution in [0.3, 0.4) is 0 Å². The Hall–Kier alpha value is -0.120. The Morgan fingerprint density at radius 1 is 1.06 bits per heavy atom. The number of likely N-dealkylation sites (N-methyl/N-ethyl adjacent to an activating group) is 1. The van der Waals surface area contributed by atoms with Crippen molar-refractivity contribution in [2.75, 3.05) is 45.8 Å². The van der Waals surface area contributed by atoms with Crippen molar-refractivity contribution in [2.24, 2.45) is 0 Å². The summed E-state index contributed by atoms with van der Waals surface area (Å²) in [5.41, 5.74) is 0. The van der Waals surface area contributed by atoms with Gasteiger partial charge in [0.15, 0.2) is 0 Å². The molecule has 1 saturated heterocycles. The number of rotatable bonds is 7. The highest BCUT2D eigenvalue weighted by atomic mass is 15.3. The third-order valence-corrected chi connectivity index (χ3v) is 3.64. The fourth-order valence-electron chi connectivity index (χ4n) is 2.32. The van der Waals surface area contributed by atoms with Crippen LogP contribution in [0.25, 0.3) is 0 Å². The van der Waals surface area contributed by atoms with Gasteiger partial charge in [-0.2, -0.15) is 0 Å². The van der Waals surface area contributed by atoms with Crippen LogP contribution in [0, 0.1) is 0 Å². The van der Waals surface area contributed by atoms with Crippen molar-refractivity contribution in [3.8, 4) is 0 Å². The van der Waals surface area contributed by atoms with Gasteiger partial charge in [-0.25, -0.2) is 0 Å². The number of hydrogen-bond donors (Lipinski definition) is 1. The average molecular weight is 227 g/mol. The lowest BCUT2D eigenvalue weighted by molar-refractivity contribution is 0.102. The van der Waals surface area contributed by atoms with Gasteiger partial charge in [0.05, 0.1) is 0 Å². The van der Waals surface area contributed by atoms with E-state index < -0.39 is 0 Å². The average Bonchev–Trinajstić information content (AvgIpc) is 2.34. The molecule has 1 heterocycles. The van der Waals surface area contributed by atoms with Crippen LogP contribution in [0.2, 0.25) is 0 Å². The second-order valence-corrected chi connectivity index (χ2v) is 4.86. The highest BCUT2D eigenvalue weighted by Gasteiger charge is 2.19. The van der Waals surface area contributed by atoms with Crippen LogP contribution in [0.5, 0.6) is 0 Å². The van der Waals surface area contributed by atoms with Gasteiger partial charge in [0.1, 0.15) is 0 Å². The molecule has 1 atom stereocenters. The first-order chi connectivity index (χ1) is 7.77. The summed E-state index contributed by atoms with van der Waals surface area (Å²) in [6.45, 7) is 15.4. The standard InChI is InChI=1S/C13H29N3/c1-4-7-14-8-6-13(3)16-11-9-15(5-2)10-12-16/h13-14H,4-12H2,1-3H3. The lowest BCUT2D eigenvalue weighted by Gasteiger charge is -2.37. The molecule has 1 aliphatic rings. The number of hydrogen-bond acceptors (Lipinski definition) is 3. The molecular formula is C13H29N3. The van der Waals surface area contributed by atoms with Gasteiger partial charge in [-0.15, -0.1) is 0 Å². The minimum absolute atomic E-state index is 0.739. The second-order valence-electron chi connectivity index (χ2n) is 4.86. The second kappa shape index (κ2) is 8.04. The van der Waals surface area contributed by atoms with Crippen LogP contribution in [0.4, 0.5) is 0 Å². The van der Waals surface area contributed by atoms with Crippen molar-refractivity contribution in [1.82, 2.24) is 15.1 Å². The van der Waals surface area contributed by atoms with Crippen molar-refractivity contribution >= 4 is 0 Å². The number of nitrogens with one attached hydrogen (secondary N) is 1.